The zero-order valence-electron chi connectivity index (χ0n) is 8.30. The average molecular weight is 246 g/mol. The first-order chi connectivity index (χ1) is 5.56. The molecule has 4 heteroatoms. The molecule has 0 unspecified atom stereocenters. The lowest BCUT2D eigenvalue weighted by Gasteiger charge is -2.21. The van der Waals surface area contributed by atoms with Crippen LogP contribution in [0, 0.1) is 0 Å². The summed E-state index contributed by atoms with van der Waals surface area (Å²) in [6.45, 7) is 4.89. The molecule has 0 spiro atoms. The van der Waals surface area contributed by atoms with Crippen molar-refractivity contribution < 1.29 is 0 Å². The van der Waals surface area contributed by atoms with E-state index in [0.717, 1.165) is 5.02 Å². The normalized spacial score (nSPS) is 10.2. The van der Waals surface area contributed by atoms with Crippen LogP contribution in [0.1, 0.15) is 0 Å². The van der Waals surface area contributed by atoms with Gasteiger partial charge in [-0.25, -0.2) is 0 Å². The van der Waals surface area contributed by atoms with E-state index in [9.17, 15) is 0 Å². The maximum Gasteiger partial charge on any atom is 0.366 e. The summed E-state index contributed by atoms with van der Waals surface area (Å²) in [5, 5.41) is 4.81. The minimum Gasteiger partial charge on any atom is -0.159 e. The Bertz CT molecular complexity index is 259. The Morgan fingerprint density at radius 1 is 1.15 bits per heavy atom. The van der Waals surface area contributed by atoms with Crippen LogP contribution in [0.25, 0.3) is 0 Å². The molecule has 1 aromatic rings. The van der Waals surface area contributed by atoms with Gasteiger partial charge in [-0.1, -0.05) is 42.0 Å². The molecule has 0 N–H and O–H groups in total. The fourth-order valence-electron chi connectivity index (χ4n) is 1.11. The Balaban J connectivity index is 0.00000144. The Morgan fingerprint density at radius 3 is 2.00 bits per heavy atom. The van der Waals surface area contributed by atoms with Crippen LogP contribution in [0.4, 0.5) is 0 Å². The third kappa shape index (κ3) is 3.80. The molecule has 0 nitrogen and oxygen atoms in total. The van der Waals surface area contributed by atoms with Gasteiger partial charge < -0.3 is 0 Å². The molecule has 0 aromatic heterocycles. The molecule has 13 heavy (non-hydrogen) atoms. The molecule has 0 amide bonds. The summed E-state index contributed by atoms with van der Waals surface area (Å²) >= 11 is 5.96. The number of hydrogen-bond acceptors (Lipinski definition) is 0. The first-order valence-corrected chi connectivity index (χ1v) is 11.4. The van der Waals surface area contributed by atoms with E-state index >= 15 is 0 Å². The molecule has 0 bridgehead atoms. The Morgan fingerprint density at radius 2 is 1.62 bits per heavy atom. The van der Waals surface area contributed by atoms with E-state index in [-0.39, 0.29) is 32.0 Å². The minimum absolute atomic E-state index is 0. The van der Waals surface area contributed by atoms with Gasteiger partial charge in [-0.05, 0) is 17.9 Å². The first-order valence-electron chi connectivity index (χ1n) is 4.32. The lowest BCUT2D eigenvalue weighted by Crippen LogP contribution is -2.46. The van der Waals surface area contributed by atoms with Crippen LogP contribution in [0.2, 0.25) is 23.2 Å². The smallest absolute Gasteiger partial charge is 0.159 e. The van der Waals surface area contributed by atoms with Crippen LogP contribution in [0.5, 0.6) is 0 Å². The zero-order chi connectivity index (χ0) is 9.19. The highest BCUT2D eigenvalue weighted by Crippen LogP contribution is 2.07. The topological polar surface area (TPSA) is 0 Å². The van der Waals surface area contributed by atoms with E-state index in [2.05, 4.69) is 30.3 Å². The molecule has 0 aliphatic carbocycles. The Labute approximate surface area is 101 Å². The number of hydrogen-bond donors (Lipinski definition) is 0. The quantitative estimate of drug-likeness (QED) is 0.703. The maximum atomic E-state index is 5.83. The predicted octanol–water partition coefficient (Wildman–Crippen LogP) is 2.93. The van der Waals surface area contributed by atoms with E-state index in [1.54, 1.807) is 5.19 Å². The summed E-state index contributed by atoms with van der Waals surface area (Å²) in [4.78, 5) is 0. The van der Waals surface area contributed by atoms with E-state index < -0.39 is 5.72 Å². The number of benzene rings is 1. The molecule has 0 aliphatic heterocycles. The largest absolute Gasteiger partial charge is 0.366 e. The van der Waals surface area contributed by atoms with Crippen LogP contribution in [0.15, 0.2) is 24.3 Å². The monoisotopic (exact) mass is 244 g/mol. The van der Waals surface area contributed by atoms with Crippen molar-refractivity contribution in [2.24, 2.45) is 0 Å². The molecule has 0 saturated heterocycles. The van der Waals surface area contributed by atoms with Crippen LogP contribution >= 0.6 is 24.0 Å². The molecule has 0 radical (unpaired) electrons. The minimum atomic E-state index is -0.996. The first kappa shape index (κ1) is 13.8. The van der Waals surface area contributed by atoms with Crippen LogP contribution in [-0.2, 0) is 0 Å². The summed E-state index contributed by atoms with van der Waals surface area (Å²) < 4.78 is 0. The van der Waals surface area contributed by atoms with Gasteiger partial charge in [-0.3, -0.25) is 0 Å². The second-order valence-electron chi connectivity index (χ2n) is 3.74. The van der Waals surface area contributed by atoms with Crippen LogP contribution in [-0.4, -0.2) is 25.3 Å². The van der Waals surface area contributed by atoms with Crippen molar-refractivity contribution in [3.63, 3.8) is 0 Å². The molecule has 1 aromatic carbocycles. The van der Waals surface area contributed by atoms with Gasteiger partial charge in [-0.15, -0.1) is 12.4 Å². The van der Waals surface area contributed by atoms with Crippen molar-refractivity contribution in [2.75, 3.05) is 0 Å². The fraction of sp³-hybridized carbons (Fsp3) is 0.333. The van der Waals surface area contributed by atoms with Crippen molar-refractivity contribution in [2.45, 2.75) is 18.1 Å². The SMILES string of the molecule is Cl.[CH3][Mg][Si](C)(C)c1ccc(Cl)cc1. The van der Waals surface area contributed by atoms with Crippen molar-refractivity contribution in [1.82, 2.24) is 0 Å². The number of rotatable bonds is 2. The highest BCUT2D eigenvalue weighted by atomic mass is 35.5. The van der Waals surface area contributed by atoms with Crippen molar-refractivity contribution in [1.29, 1.82) is 0 Å². The summed E-state index contributed by atoms with van der Waals surface area (Å²) in [5.41, 5.74) is -0.996. The second-order valence-corrected chi connectivity index (χ2v) is 16.7. The Kier molecular flexibility index (Phi) is 5.95. The molecular formula is C9H14Cl2MgSi. The highest BCUT2D eigenvalue weighted by molar-refractivity contribution is 7.29. The van der Waals surface area contributed by atoms with Gasteiger partial charge >= 0.3 is 19.6 Å². The van der Waals surface area contributed by atoms with Gasteiger partial charge in [-0.2, -0.15) is 5.05 Å². The van der Waals surface area contributed by atoms with Crippen molar-refractivity contribution >= 4 is 54.5 Å². The molecule has 0 saturated carbocycles. The molecule has 1 rings (SSSR count). The van der Waals surface area contributed by atoms with Gasteiger partial charge in [0.2, 0.25) is 0 Å². The number of halogens is 2. The zero-order valence-corrected chi connectivity index (χ0v) is 12.3. The molecule has 0 atom stereocenters. The highest BCUT2D eigenvalue weighted by Gasteiger charge is 2.20. The van der Waals surface area contributed by atoms with Crippen molar-refractivity contribution in [3.8, 4) is 0 Å². The predicted molar refractivity (Wildman–Crippen MR) is 67.4 cm³/mol. The lowest BCUT2D eigenvalue weighted by atomic mass is 10.4. The van der Waals surface area contributed by atoms with Gasteiger partial charge in [0.15, 0.2) is 0 Å². The fourth-order valence-corrected chi connectivity index (χ4v) is 4.64. The van der Waals surface area contributed by atoms with Gasteiger partial charge in [0.1, 0.15) is 0 Å². The molecule has 0 aliphatic rings. The van der Waals surface area contributed by atoms with Crippen LogP contribution in [0.3, 0.4) is 0 Å². The van der Waals surface area contributed by atoms with E-state index in [1.165, 1.54) is 0 Å². The average Bonchev–Trinajstić information content (AvgIpc) is 2.05. The molecule has 0 fully saturated rings. The van der Waals surface area contributed by atoms with E-state index in [4.69, 9.17) is 11.6 Å². The summed E-state index contributed by atoms with van der Waals surface area (Å²) in [7, 11) is 0. The second kappa shape index (κ2) is 5.61. The van der Waals surface area contributed by atoms with Crippen molar-refractivity contribution in [3.05, 3.63) is 29.3 Å². The van der Waals surface area contributed by atoms with Gasteiger partial charge in [0, 0.05) is 5.02 Å². The maximum absolute atomic E-state index is 5.83. The Hall–Kier alpha value is 0.783. The standard InChI is InChI=1S/C8H10ClSi.CH3.ClH.Mg/c1-10(2)8-5-3-7(9)4-6-8;;;/h3-6H,1-2H3;1H3;1H;. The van der Waals surface area contributed by atoms with Gasteiger partial charge in [0.05, 0.1) is 0 Å². The summed E-state index contributed by atoms with van der Waals surface area (Å²) in [6.07, 6.45) is 0. The summed E-state index contributed by atoms with van der Waals surface area (Å²) in [6, 6.07) is 8.42. The summed E-state index contributed by atoms with van der Waals surface area (Å²) in [5.74, 6) is 0. The third-order valence-electron chi connectivity index (χ3n) is 2.51. The molecular weight excluding hydrogens is 231 g/mol. The van der Waals surface area contributed by atoms with Crippen LogP contribution < -0.4 is 5.19 Å². The van der Waals surface area contributed by atoms with E-state index in [0.29, 0.717) is 0 Å². The third-order valence-corrected chi connectivity index (χ3v) is 13.0. The molecule has 70 valence electrons. The molecule has 0 heterocycles. The lowest BCUT2D eigenvalue weighted by molar-refractivity contribution is 1.73. The van der Waals surface area contributed by atoms with E-state index in [1.807, 2.05) is 12.1 Å². The van der Waals surface area contributed by atoms with Gasteiger partial charge in [0.25, 0.3) is 0 Å².